The highest BCUT2D eigenvalue weighted by Gasteiger charge is 2.34. The summed E-state index contributed by atoms with van der Waals surface area (Å²) in [7, 11) is 0. The Morgan fingerprint density at radius 1 is 1.04 bits per heavy atom. The fourth-order valence-corrected chi connectivity index (χ4v) is 2.96. The zero-order valence-electron chi connectivity index (χ0n) is 15.4. The van der Waals surface area contributed by atoms with Crippen LogP contribution < -0.4 is 26.4 Å². The van der Waals surface area contributed by atoms with Gasteiger partial charge in [-0.15, -0.1) is 0 Å². The molecule has 27 heavy (non-hydrogen) atoms. The summed E-state index contributed by atoms with van der Waals surface area (Å²) in [6.07, 6.45) is 0.0650. The molecule has 0 radical (unpaired) electrons. The maximum Gasteiger partial charge on any atom is 0.269 e. The maximum atomic E-state index is 12.5. The average molecular weight is 368 g/mol. The number of rotatable bonds is 5. The molecule has 1 aliphatic rings. The van der Waals surface area contributed by atoms with Crippen molar-refractivity contribution in [2.24, 2.45) is 5.92 Å². The van der Waals surface area contributed by atoms with Gasteiger partial charge in [0.15, 0.2) is 0 Å². The lowest BCUT2D eigenvalue weighted by molar-refractivity contribution is -0.125. The van der Waals surface area contributed by atoms with Gasteiger partial charge >= 0.3 is 0 Å². The van der Waals surface area contributed by atoms with Crippen LogP contribution in [0.15, 0.2) is 54.6 Å². The number of amides is 2. The van der Waals surface area contributed by atoms with E-state index >= 15 is 0 Å². The molecule has 0 saturated carbocycles. The Morgan fingerprint density at radius 3 is 2.41 bits per heavy atom. The third kappa shape index (κ3) is 4.84. The van der Waals surface area contributed by atoms with Gasteiger partial charge in [0.05, 0.1) is 18.1 Å². The van der Waals surface area contributed by atoms with Crippen molar-refractivity contribution in [3.05, 3.63) is 65.7 Å². The minimum absolute atomic E-state index is 0.0650. The van der Waals surface area contributed by atoms with Crippen molar-refractivity contribution in [2.75, 3.05) is 6.54 Å². The van der Waals surface area contributed by atoms with Gasteiger partial charge in [-0.3, -0.25) is 25.9 Å². The Hall–Kier alpha value is -2.90. The van der Waals surface area contributed by atoms with Crippen molar-refractivity contribution in [2.45, 2.75) is 26.0 Å². The summed E-state index contributed by atoms with van der Waals surface area (Å²) in [4.78, 5) is 24.8. The van der Waals surface area contributed by atoms with Crippen molar-refractivity contribution in [1.82, 2.24) is 21.7 Å². The molecule has 0 bridgehead atoms. The first-order valence-electron chi connectivity index (χ1n) is 8.95. The number of hydrogen-bond acceptors (Lipinski definition) is 5. The molecule has 2 aromatic rings. The number of carbonyl (C=O) groups excluding carboxylic acids is 2. The van der Waals surface area contributed by atoms with Crippen molar-refractivity contribution in [1.29, 1.82) is 0 Å². The molecule has 2 unspecified atom stereocenters. The Kier molecular flexibility index (Phi) is 6.05. The van der Waals surface area contributed by atoms with Gasteiger partial charge in [0, 0.05) is 12.1 Å². The van der Waals surface area contributed by atoms with Gasteiger partial charge in [-0.05, 0) is 43.7 Å². The highest BCUT2D eigenvalue weighted by atomic mass is 16.5. The van der Waals surface area contributed by atoms with E-state index in [4.69, 9.17) is 4.74 Å². The van der Waals surface area contributed by atoms with E-state index in [-0.39, 0.29) is 29.9 Å². The number of nitrogens with one attached hydrogen (secondary N) is 4. The lowest BCUT2D eigenvalue weighted by Gasteiger charge is -2.18. The Labute approximate surface area is 158 Å². The highest BCUT2D eigenvalue weighted by Crippen LogP contribution is 2.24. The summed E-state index contributed by atoms with van der Waals surface area (Å²) in [6, 6.07) is 16.3. The molecule has 2 amide bonds. The minimum atomic E-state index is -0.380. The molecule has 3 rings (SSSR count). The molecule has 0 aliphatic carbocycles. The number of hydrazine groups is 2. The third-order valence-corrected chi connectivity index (χ3v) is 4.26. The smallest absolute Gasteiger partial charge is 0.269 e. The van der Waals surface area contributed by atoms with E-state index in [1.54, 1.807) is 24.3 Å². The zero-order chi connectivity index (χ0) is 19.2. The van der Waals surface area contributed by atoms with Gasteiger partial charge in [-0.25, -0.2) is 5.43 Å². The molecule has 142 valence electrons. The summed E-state index contributed by atoms with van der Waals surface area (Å²) in [5.41, 5.74) is 12.6. The van der Waals surface area contributed by atoms with E-state index in [1.165, 1.54) is 0 Å². The molecule has 7 nitrogen and oxygen atoms in total. The van der Waals surface area contributed by atoms with Crippen molar-refractivity contribution in [3.8, 4) is 5.75 Å². The molecule has 7 heteroatoms. The lowest BCUT2D eigenvalue weighted by atomic mass is 9.94. The van der Waals surface area contributed by atoms with Gasteiger partial charge in [0.1, 0.15) is 5.75 Å². The number of benzene rings is 2. The van der Waals surface area contributed by atoms with Gasteiger partial charge < -0.3 is 4.74 Å². The third-order valence-electron chi connectivity index (χ3n) is 4.26. The Balaban J connectivity index is 1.56. The summed E-state index contributed by atoms with van der Waals surface area (Å²) in [5, 5.41) is 0. The molecule has 2 aromatic carbocycles. The second kappa shape index (κ2) is 8.66. The maximum absolute atomic E-state index is 12.5. The van der Waals surface area contributed by atoms with E-state index in [1.807, 2.05) is 44.2 Å². The standard InChI is InChI=1S/C20H24N4O3/c1-13(2)27-16-10-8-15(9-11-16)19(25)23-24-20(26)17-12-21-22-18(17)14-6-4-3-5-7-14/h3-11,13,17-18,21-22H,12H2,1-2H3,(H,23,25)(H,24,26). The van der Waals surface area contributed by atoms with Crippen LogP contribution in [0.4, 0.5) is 0 Å². The first kappa shape index (κ1) is 18.9. The van der Waals surface area contributed by atoms with Gasteiger partial charge in [-0.2, -0.15) is 0 Å². The second-order valence-electron chi connectivity index (χ2n) is 6.65. The van der Waals surface area contributed by atoms with Crippen LogP contribution in [0.2, 0.25) is 0 Å². The normalized spacial score (nSPS) is 18.9. The van der Waals surface area contributed by atoms with E-state index in [2.05, 4.69) is 21.7 Å². The molecule has 1 heterocycles. The molecular weight excluding hydrogens is 344 g/mol. The lowest BCUT2D eigenvalue weighted by Crippen LogP contribution is -2.46. The first-order valence-corrected chi connectivity index (χ1v) is 8.95. The van der Waals surface area contributed by atoms with Crippen LogP contribution in [0.5, 0.6) is 5.75 Å². The number of carbonyl (C=O) groups is 2. The van der Waals surface area contributed by atoms with Gasteiger partial charge in [-0.1, -0.05) is 30.3 Å². The monoisotopic (exact) mass is 368 g/mol. The molecule has 0 spiro atoms. The van der Waals surface area contributed by atoms with Crippen LogP contribution in [-0.2, 0) is 4.79 Å². The van der Waals surface area contributed by atoms with Crippen LogP contribution in [0, 0.1) is 5.92 Å². The summed E-state index contributed by atoms with van der Waals surface area (Å²) in [5.74, 6) is -0.280. The Bertz CT molecular complexity index is 778. The van der Waals surface area contributed by atoms with E-state index in [0.717, 1.165) is 5.56 Å². The van der Waals surface area contributed by atoms with Crippen LogP contribution in [0.1, 0.15) is 35.8 Å². The molecule has 4 N–H and O–H groups in total. The van der Waals surface area contributed by atoms with Crippen LogP contribution in [-0.4, -0.2) is 24.5 Å². The average Bonchev–Trinajstić information content (AvgIpc) is 3.16. The van der Waals surface area contributed by atoms with Gasteiger partial charge in [0.25, 0.3) is 5.91 Å². The molecule has 1 saturated heterocycles. The molecule has 0 aromatic heterocycles. The minimum Gasteiger partial charge on any atom is -0.491 e. The first-order chi connectivity index (χ1) is 13.0. The van der Waals surface area contributed by atoms with E-state index < -0.39 is 0 Å². The summed E-state index contributed by atoms with van der Waals surface area (Å²) >= 11 is 0. The summed E-state index contributed by atoms with van der Waals surface area (Å²) in [6.45, 7) is 4.35. The Morgan fingerprint density at radius 2 is 1.74 bits per heavy atom. The summed E-state index contributed by atoms with van der Waals surface area (Å²) < 4.78 is 5.55. The predicted molar refractivity (Wildman–Crippen MR) is 102 cm³/mol. The fraction of sp³-hybridized carbons (Fsp3) is 0.300. The van der Waals surface area contributed by atoms with Crippen molar-refractivity contribution < 1.29 is 14.3 Å². The molecule has 1 aliphatic heterocycles. The largest absolute Gasteiger partial charge is 0.491 e. The zero-order valence-corrected chi connectivity index (χ0v) is 15.4. The molecule has 2 atom stereocenters. The number of ether oxygens (including phenoxy) is 1. The van der Waals surface area contributed by atoms with Crippen molar-refractivity contribution >= 4 is 11.8 Å². The van der Waals surface area contributed by atoms with Gasteiger partial charge in [0.2, 0.25) is 5.91 Å². The highest BCUT2D eigenvalue weighted by molar-refractivity contribution is 5.95. The van der Waals surface area contributed by atoms with Crippen molar-refractivity contribution in [3.63, 3.8) is 0 Å². The molecular formula is C20H24N4O3. The fourth-order valence-electron chi connectivity index (χ4n) is 2.96. The van der Waals surface area contributed by atoms with Crippen LogP contribution in [0.25, 0.3) is 0 Å². The molecule has 1 fully saturated rings. The number of hydrogen-bond donors (Lipinski definition) is 4. The quantitative estimate of drug-likeness (QED) is 0.603. The topological polar surface area (TPSA) is 91.5 Å². The second-order valence-corrected chi connectivity index (χ2v) is 6.65. The van der Waals surface area contributed by atoms with E-state index in [0.29, 0.717) is 17.9 Å². The predicted octanol–water partition coefficient (Wildman–Crippen LogP) is 1.70. The van der Waals surface area contributed by atoms with Crippen LogP contribution in [0.3, 0.4) is 0 Å². The van der Waals surface area contributed by atoms with E-state index in [9.17, 15) is 9.59 Å². The SMILES string of the molecule is CC(C)Oc1ccc(C(=O)NNC(=O)C2CNNC2c2ccccc2)cc1. The van der Waals surface area contributed by atoms with Crippen LogP contribution >= 0.6 is 0 Å².